The van der Waals surface area contributed by atoms with Gasteiger partial charge < -0.3 is 0 Å². The van der Waals surface area contributed by atoms with Gasteiger partial charge in [-0.05, 0) is 49.2 Å². The molecule has 0 N–H and O–H groups in total. The standard InChI is InChI=1S/C20H26N2O2S/c1-21(16-18-8-4-2-5-9-18)25(23,24)20-12-10-19(11-13-20)17-22-14-6-3-7-15-22/h2,4-5,8-13H,3,6-7,14-17H2,1H3. The fraction of sp³-hybridized carbons (Fsp3) is 0.400. The maximum absolute atomic E-state index is 12.8. The van der Waals surface area contributed by atoms with Gasteiger partial charge in [0.1, 0.15) is 0 Å². The van der Waals surface area contributed by atoms with Gasteiger partial charge in [-0.3, -0.25) is 4.90 Å². The molecule has 0 aromatic heterocycles. The summed E-state index contributed by atoms with van der Waals surface area (Å²) in [5.74, 6) is 0. The number of piperidine rings is 1. The maximum Gasteiger partial charge on any atom is 0.243 e. The molecule has 1 saturated heterocycles. The highest BCUT2D eigenvalue weighted by atomic mass is 32.2. The number of sulfonamides is 1. The van der Waals surface area contributed by atoms with Gasteiger partial charge in [0.25, 0.3) is 0 Å². The van der Waals surface area contributed by atoms with E-state index in [1.807, 2.05) is 42.5 Å². The normalized spacial score (nSPS) is 16.2. The van der Waals surface area contributed by atoms with Crippen LogP contribution in [-0.4, -0.2) is 37.8 Å². The van der Waals surface area contributed by atoms with Crippen LogP contribution in [0.25, 0.3) is 0 Å². The van der Waals surface area contributed by atoms with E-state index in [0.717, 1.165) is 25.2 Å². The largest absolute Gasteiger partial charge is 0.299 e. The Hall–Kier alpha value is -1.69. The summed E-state index contributed by atoms with van der Waals surface area (Å²) in [5, 5.41) is 0. The third kappa shape index (κ3) is 4.69. The predicted octanol–water partition coefficient (Wildman–Crippen LogP) is 3.49. The second-order valence-corrected chi connectivity index (χ2v) is 8.77. The first-order chi connectivity index (χ1) is 12.1. The van der Waals surface area contributed by atoms with Crippen molar-refractivity contribution in [3.63, 3.8) is 0 Å². The molecular weight excluding hydrogens is 332 g/mol. The molecule has 5 heteroatoms. The molecule has 1 heterocycles. The molecule has 1 aliphatic rings. The highest BCUT2D eigenvalue weighted by Crippen LogP contribution is 2.19. The molecule has 25 heavy (non-hydrogen) atoms. The van der Waals surface area contributed by atoms with Crippen molar-refractivity contribution in [2.75, 3.05) is 20.1 Å². The quantitative estimate of drug-likeness (QED) is 0.794. The molecule has 0 spiro atoms. The number of likely N-dealkylation sites (tertiary alicyclic amines) is 1. The second kappa shape index (κ2) is 8.13. The smallest absolute Gasteiger partial charge is 0.243 e. The van der Waals surface area contributed by atoms with E-state index in [1.165, 1.54) is 29.1 Å². The van der Waals surface area contributed by atoms with Crippen LogP contribution < -0.4 is 0 Å². The van der Waals surface area contributed by atoms with Gasteiger partial charge in [0.15, 0.2) is 0 Å². The van der Waals surface area contributed by atoms with Gasteiger partial charge >= 0.3 is 0 Å². The lowest BCUT2D eigenvalue weighted by Gasteiger charge is -2.26. The van der Waals surface area contributed by atoms with Gasteiger partial charge in [0.2, 0.25) is 10.0 Å². The van der Waals surface area contributed by atoms with Gasteiger partial charge in [-0.15, -0.1) is 0 Å². The lowest BCUT2D eigenvalue weighted by Crippen LogP contribution is -2.29. The van der Waals surface area contributed by atoms with Crippen molar-refractivity contribution in [2.24, 2.45) is 0 Å². The van der Waals surface area contributed by atoms with E-state index in [4.69, 9.17) is 0 Å². The highest BCUT2D eigenvalue weighted by molar-refractivity contribution is 7.89. The summed E-state index contributed by atoms with van der Waals surface area (Å²) in [6, 6.07) is 17.0. The minimum absolute atomic E-state index is 0.355. The fourth-order valence-electron chi connectivity index (χ4n) is 3.25. The van der Waals surface area contributed by atoms with Crippen LogP contribution in [0, 0.1) is 0 Å². The zero-order valence-corrected chi connectivity index (χ0v) is 15.6. The van der Waals surface area contributed by atoms with Crippen LogP contribution in [0.3, 0.4) is 0 Å². The zero-order valence-electron chi connectivity index (χ0n) is 14.8. The average molecular weight is 359 g/mol. The van der Waals surface area contributed by atoms with Crippen LogP contribution in [0.1, 0.15) is 30.4 Å². The minimum Gasteiger partial charge on any atom is -0.299 e. The Bertz CT molecular complexity index is 767. The Labute approximate surface area is 151 Å². The van der Waals surface area contributed by atoms with Crippen LogP contribution in [-0.2, 0) is 23.1 Å². The Balaban J connectivity index is 1.67. The lowest BCUT2D eigenvalue weighted by molar-refractivity contribution is 0.221. The summed E-state index contributed by atoms with van der Waals surface area (Å²) >= 11 is 0. The molecule has 2 aromatic rings. The fourth-order valence-corrected chi connectivity index (χ4v) is 4.41. The van der Waals surface area contributed by atoms with E-state index in [9.17, 15) is 8.42 Å². The summed E-state index contributed by atoms with van der Waals surface area (Å²) < 4.78 is 26.9. The van der Waals surface area contributed by atoms with E-state index >= 15 is 0 Å². The molecule has 2 aromatic carbocycles. The number of hydrogen-bond acceptors (Lipinski definition) is 3. The first-order valence-corrected chi connectivity index (χ1v) is 10.3. The second-order valence-electron chi connectivity index (χ2n) is 6.73. The molecule has 1 aliphatic heterocycles. The number of benzene rings is 2. The minimum atomic E-state index is -3.47. The van der Waals surface area contributed by atoms with Crippen molar-refractivity contribution < 1.29 is 8.42 Å². The summed E-state index contributed by atoms with van der Waals surface area (Å²) in [4.78, 5) is 2.79. The van der Waals surface area contributed by atoms with Gasteiger partial charge in [0, 0.05) is 20.1 Å². The van der Waals surface area contributed by atoms with Gasteiger partial charge in [-0.2, -0.15) is 4.31 Å². The van der Waals surface area contributed by atoms with Gasteiger partial charge in [-0.25, -0.2) is 8.42 Å². The van der Waals surface area contributed by atoms with Crippen LogP contribution in [0.2, 0.25) is 0 Å². The molecule has 1 fully saturated rings. The van der Waals surface area contributed by atoms with Crippen molar-refractivity contribution in [3.8, 4) is 0 Å². The monoisotopic (exact) mass is 358 g/mol. The first-order valence-electron chi connectivity index (χ1n) is 8.87. The topological polar surface area (TPSA) is 40.6 Å². The average Bonchev–Trinajstić information content (AvgIpc) is 2.64. The molecule has 3 rings (SSSR count). The molecule has 4 nitrogen and oxygen atoms in total. The number of rotatable bonds is 6. The molecule has 0 unspecified atom stereocenters. The van der Waals surface area contributed by atoms with E-state index in [-0.39, 0.29) is 0 Å². The maximum atomic E-state index is 12.8. The Morgan fingerprint density at radius 2 is 1.52 bits per heavy atom. The zero-order chi connectivity index (χ0) is 17.7. The number of hydrogen-bond donors (Lipinski definition) is 0. The summed E-state index contributed by atoms with van der Waals surface area (Å²) in [6.07, 6.45) is 3.84. The molecule has 0 bridgehead atoms. The van der Waals surface area contributed by atoms with Crippen LogP contribution >= 0.6 is 0 Å². The Kier molecular flexibility index (Phi) is 5.89. The van der Waals surface area contributed by atoms with Crippen molar-refractivity contribution in [1.29, 1.82) is 0 Å². The van der Waals surface area contributed by atoms with Crippen LogP contribution in [0.5, 0.6) is 0 Å². The third-order valence-corrected chi connectivity index (χ3v) is 6.55. The van der Waals surface area contributed by atoms with E-state index < -0.39 is 10.0 Å². The van der Waals surface area contributed by atoms with Crippen molar-refractivity contribution in [3.05, 3.63) is 65.7 Å². The van der Waals surface area contributed by atoms with Crippen molar-refractivity contribution >= 4 is 10.0 Å². The Morgan fingerprint density at radius 1 is 0.880 bits per heavy atom. The summed E-state index contributed by atoms with van der Waals surface area (Å²) in [5.41, 5.74) is 2.15. The van der Waals surface area contributed by atoms with Crippen LogP contribution in [0.4, 0.5) is 0 Å². The predicted molar refractivity (Wildman–Crippen MR) is 101 cm³/mol. The molecule has 0 aliphatic carbocycles. The van der Waals surface area contributed by atoms with Gasteiger partial charge in [-0.1, -0.05) is 48.9 Å². The molecule has 0 amide bonds. The molecular formula is C20H26N2O2S. The lowest BCUT2D eigenvalue weighted by atomic mass is 10.1. The summed E-state index contributed by atoms with van der Waals surface area (Å²) in [6.45, 7) is 3.55. The molecule has 0 radical (unpaired) electrons. The molecule has 0 saturated carbocycles. The van der Waals surface area contributed by atoms with E-state index in [2.05, 4.69) is 4.90 Å². The number of nitrogens with zero attached hydrogens (tertiary/aromatic N) is 2. The highest BCUT2D eigenvalue weighted by Gasteiger charge is 2.21. The van der Waals surface area contributed by atoms with Gasteiger partial charge in [0.05, 0.1) is 4.90 Å². The van der Waals surface area contributed by atoms with Crippen molar-refractivity contribution in [2.45, 2.75) is 37.2 Å². The molecule has 0 atom stereocenters. The SMILES string of the molecule is CN(Cc1ccccc1)S(=O)(=O)c1ccc(CN2CCCCC2)cc1. The first kappa shape index (κ1) is 18.1. The van der Waals surface area contributed by atoms with E-state index in [0.29, 0.717) is 11.4 Å². The summed E-state index contributed by atoms with van der Waals surface area (Å²) in [7, 11) is -1.84. The van der Waals surface area contributed by atoms with Crippen molar-refractivity contribution in [1.82, 2.24) is 9.21 Å². The Morgan fingerprint density at radius 3 is 2.16 bits per heavy atom. The van der Waals surface area contributed by atoms with Crippen LogP contribution in [0.15, 0.2) is 59.5 Å². The van der Waals surface area contributed by atoms with E-state index in [1.54, 1.807) is 19.2 Å². The molecule has 134 valence electrons. The third-order valence-electron chi connectivity index (χ3n) is 4.73.